The van der Waals surface area contributed by atoms with Crippen LogP contribution in [0.4, 0.5) is 10.1 Å². The van der Waals surface area contributed by atoms with Crippen LogP contribution in [-0.4, -0.2) is 40.5 Å². The summed E-state index contributed by atoms with van der Waals surface area (Å²) in [5.74, 6) is -0.0234. The molecule has 8 nitrogen and oxygen atoms in total. The molecule has 5 rings (SSSR count). The standard InChI is InChI=1S/C29H25FN4O4S/c1-37-28(36)19-11-9-18(10-12-19)23-13-14-24(38-23)27-26(22-8-4-5-16-31-22)33-29(39)34(27)17-15-25(35)32-21-7-3-2-6-20(21)30/h2-14,16,26-27H,15,17H2,1H3,(H,32,35)(H,33,39)/t26-,27+/m0/s1. The van der Waals surface area contributed by atoms with Crippen molar-refractivity contribution in [1.82, 2.24) is 15.2 Å². The number of rotatable bonds is 8. The molecule has 4 aromatic rings. The number of esters is 1. The lowest BCUT2D eigenvalue weighted by Gasteiger charge is -2.25. The van der Waals surface area contributed by atoms with Crippen LogP contribution in [0.5, 0.6) is 0 Å². The third-order valence-electron chi connectivity index (χ3n) is 6.43. The van der Waals surface area contributed by atoms with Crippen LogP contribution >= 0.6 is 12.2 Å². The third-order valence-corrected chi connectivity index (χ3v) is 6.79. The first-order valence-corrected chi connectivity index (χ1v) is 12.7. The molecule has 1 saturated heterocycles. The molecule has 0 saturated carbocycles. The van der Waals surface area contributed by atoms with E-state index in [9.17, 15) is 14.0 Å². The fourth-order valence-electron chi connectivity index (χ4n) is 4.51. The number of hydrogen-bond acceptors (Lipinski definition) is 6. The molecule has 1 fully saturated rings. The smallest absolute Gasteiger partial charge is 0.337 e. The summed E-state index contributed by atoms with van der Waals surface area (Å²) in [6, 6.07) is 21.6. The van der Waals surface area contributed by atoms with Crippen molar-refractivity contribution in [2.75, 3.05) is 19.0 Å². The minimum atomic E-state index is -0.500. The number of hydrogen-bond donors (Lipinski definition) is 2. The van der Waals surface area contributed by atoms with Gasteiger partial charge in [0.05, 0.1) is 30.1 Å². The van der Waals surface area contributed by atoms with E-state index in [1.807, 2.05) is 35.2 Å². The van der Waals surface area contributed by atoms with Crippen molar-refractivity contribution in [3.05, 3.63) is 108 Å². The Morgan fingerprint density at radius 2 is 1.85 bits per heavy atom. The summed E-state index contributed by atoms with van der Waals surface area (Å²) >= 11 is 5.66. The molecule has 0 aliphatic carbocycles. The molecule has 1 amide bonds. The number of benzene rings is 2. The van der Waals surface area contributed by atoms with Crippen molar-refractivity contribution < 1.29 is 23.1 Å². The molecular weight excluding hydrogens is 519 g/mol. The molecule has 0 radical (unpaired) electrons. The second kappa shape index (κ2) is 11.4. The van der Waals surface area contributed by atoms with Gasteiger partial charge in [-0.25, -0.2) is 9.18 Å². The molecule has 198 valence electrons. The highest BCUT2D eigenvalue weighted by Gasteiger charge is 2.41. The number of carbonyl (C=O) groups is 2. The number of pyridine rings is 1. The highest BCUT2D eigenvalue weighted by molar-refractivity contribution is 7.80. The number of nitrogens with zero attached hydrogens (tertiary/aromatic N) is 2. The Labute approximate surface area is 229 Å². The molecule has 2 atom stereocenters. The number of anilines is 1. The fourth-order valence-corrected chi connectivity index (χ4v) is 4.84. The largest absolute Gasteiger partial charge is 0.465 e. The number of nitrogens with one attached hydrogen (secondary N) is 2. The lowest BCUT2D eigenvalue weighted by molar-refractivity contribution is -0.116. The molecule has 2 N–H and O–H groups in total. The van der Waals surface area contributed by atoms with E-state index in [0.29, 0.717) is 22.2 Å². The first kappa shape index (κ1) is 26.1. The maximum Gasteiger partial charge on any atom is 0.337 e. The lowest BCUT2D eigenvalue weighted by Crippen LogP contribution is -2.32. The van der Waals surface area contributed by atoms with E-state index in [1.54, 1.807) is 42.6 Å². The van der Waals surface area contributed by atoms with Gasteiger partial charge in [-0.05, 0) is 60.7 Å². The minimum absolute atomic E-state index is 0.0736. The topological polar surface area (TPSA) is 96.7 Å². The number of para-hydroxylation sites is 1. The zero-order valence-electron chi connectivity index (χ0n) is 21.0. The molecule has 2 aromatic heterocycles. The molecule has 1 aliphatic rings. The molecule has 2 aromatic carbocycles. The van der Waals surface area contributed by atoms with Crippen LogP contribution in [0.25, 0.3) is 11.3 Å². The average molecular weight is 545 g/mol. The van der Waals surface area contributed by atoms with Crippen LogP contribution in [-0.2, 0) is 9.53 Å². The highest BCUT2D eigenvalue weighted by atomic mass is 32.1. The molecule has 0 spiro atoms. The van der Waals surface area contributed by atoms with Gasteiger partial charge in [0.15, 0.2) is 5.11 Å². The van der Waals surface area contributed by atoms with Crippen molar-refractivity contribution >= 4 is 34.9 Å². The number of methoxy groups -OCH3 is 1. The van der Waals surface area contributed by atoms with Crippen LogP contribution < -0.4 is 10.6 Å². The number of thiocarbonyl (C=S) groups is 1. The van der Waals surface area contributed by atoms with Crippen molar-refractivity contribution in [3.63, 3.8) is 0 Å². The summed E-state index contributed by atoms with van der Waals surface area (Å²) in [6.07, 6.45) is 1.78. The maximum atomic E-state index is 14.0. The van der Waals surface area contributed by atoms with Gasteiger partial charge < -0.3 is 24.7 Å². The van der Waals surface area contributed by atoms with E-state index in [4.69, 9.17) is 21.4 Å². The van der Waals surface area contributed by atoms with E-state index in [-0.39, 0.29) is 30.6 Å². The number of furan rings is 1. The predicted molar refractivity (Wildman–Crippen MR) is 147 cm³/mol. The van der Waals surface area contributed by atoms with Crippen LogP contribution in [0.3, 0.4) is 0 Å². The molecule has 0 bridgehead atoms. The van der Waals surface area contributed by atoms with Crippen LogP contribution in [0.1, 0.15) is 40.3 Å². The van der Waals surface area contributed by atoms with Gasteiger partial charge in [0, 0.05) is 24.7 Å². The van der Waals surface area contributed by atoms with E-state index in [0.717, 1.165) is 11.3 Å². The summed E-state index contributed by atoms with van der Waals surface area (Å²) < 4.78 is 25.1. The quantitative estimate of drug-likeness (QED) is 0.229. The lowest BCUT2D eigenvalue weighted by atomic mass is 10.0. The zero-order chi connectivity index (χ0) is 27.4. The van der Waals surface area contributed by atoms with Gasteiger partial charge in [-0.3, -0.25) is 9.78 Å². The Hall–Kier alpha value is -4.57. The van der Waals surface area contributed by atoms with Crippen LogP contribution in [0.15, 0.2) is 89.5 Å². The van der Waals surface area contributed by atoms with Gasteiger partial charge >= 0.3 is 5.97 Å². The Morgan fingerprint density at radius 1 is 1.08 bits per heavy atom. The summed E-state index contributed by atoms with van der Waals surface area (Å²) in [4.78, 5) is 30.9. The summed E-state index contributed by atoms with van der Waals surface area (Å²) in [7, 11) is 1.34. The molecule has 1 aliphatic heterocycles. The molecule has 3 heterocycles. The number of ether oxygens (including phenoxy) is 1. The number of carbonyl (C=O) groups excluding carboxylic acids is 2. The van der Waals surface area contributed by atoms with E-state index in [2.05, 4.69) is 15.6 Å². The summed E-state index contributed by atoms with van der Waals surface area (Å²) in [5, 5.41) is 6.39. The van der Waals surface area contributed by atoms with E-state index < -0.39 is 17.8 Å². The van der Waals surface area contributed by atoms with E-state index >= 15 is 0 Å². The Balaban J connectivity index is 1.39. The first-order chi connectivity index (χ1) is 18.9. The molecule has 39 heavy (non-hydrogen) atoms. The van der Waals surface area contributed by atoms with Crippen LogP contribution in [0, 0.1) is 5.82 Å². The van der Waals surface area contributed by atoms with Gasteiger partial charge in [0.2, 0.25) is 5.91 Å². The third kappa shape index (κ3) is 5.65. The Morgan fingerprint density at radius 3 is 2.56 bits per heavy atom. The molecule has 0 unspecified atom stereocenters. The maximum absolute atomic E-state index is 14.0. The van der Waals surface area contributed by atoms with Crippen molar-refractivity contribution in [2.24, 2.45) is 0 Å². The van der Waals surface area contributed by atoms with Crippen LogP contribution in [0.2, 0.25) is 0 Å². The van der Waals surface area contributed by atoms with Gasteiger partial charge in [-0.15, -0.1) is 0 Å². The van der Waals surface area contributed by atoms with Crippen molar-refractivity contribution in [2.45, 2.75) is 18.5 Å². The minimum Gasteiger partial charge on any atom is -0.465 e. The highest BCUT2D eigenvalue weighted by Crippen LogP contribution is 2.40. The van der Waals surface area contributed by atoms with Gasteiger partial charge in [0.1, 0.15) is 23.4 Å². The second-order valence-corrected chi connectivity index (χ2v) is 9.26. The SMILES string of the molecule is COC(=O)c1ccc(-c2ccc([C@@H]3[C@H](c4ccccn4)NC(=S)N3CCC(=O)Nc3ccccc3F)o2)cc1. The monoisotopic (exact) mass is 544 g/mol. The Kier molecular flexibility index (Phi) is 7.64. The van der Waals surface area contributed by atoms with Gasteiger partial charge in [-0.2, -0.15) is 0 Å². The van der Waals surface area contributed by atoms with Crippen molar-refractivity contribution in [1.29, 1.82) is 0 Å². The number of halogens is 1. The summed E-state index contributed by atoms with van der Waals surface area (Å²) in [5.41, 5.74) is 2.12. The zero-order valence-corrected chi connectivity index (χ0v) is 21.8. The molecular formula is C29H25FN4O4S. The average Bonchev–Trinajstić information content (AvgIpc) is 3.58. The second-order valence-electron chi connectivity index (χ2n) is 8.87. The Bertz CT molecular complexity index is 1490. The van der Waals surface area contributed by atoms with Gasteiger partial charge in [-0.1, -0.05) is 30.3 Å². The van der Waals surface area contributed by atoms with E-state index in [1.165, 1.54) is 19.2 Å². The normalized spacial score (nSPS) is 16.6. The predicted octanol–water partition coefficient (Wildman–Crippen LogP) is 5.27. The fraction of sp³-hybridized carbons (Fsp3) is 0.172. The number of amides is 1. The summed E-state index contributed by atoms with van der Waals surface area (Å²) in [6.45, 7) is 0.268. The first-order valence-electron chi connectivity index (χ1n) is 12.3. The number of aromatic nitrogens is 1. The van der Waals surface area contributed by atoms with Gasteiger partial charge in [0.25, 0.3) is 0 Å². The molecule has 10 heteroatoms. The van der Waals surface area contributed by atoms with Crippen molar-refractivity contribution in [3.8, 4) is 11.3 Å².